The first-order valence-corrected chi connectivity index (χ1v) is 13.4. The molecular formula is C32H36N2O6. The van der Waals surface area contributed by atoms with E-state index >= 15 is 0 Å². The number of Topliss-reactive ketones (excluding diaryl/α,β-unsaturated/α-hetero) is 1. The lowest BCUT2D eigenvalue weighted by Crippen LogP contribution is -2.38. The molecule has 1 N–H and O–H groups in total. The van der Waals surface area contributed by atoms with Crippen LogP contribution in [0.15, 0.2) is 78.4 Å². The number of hydrogen-bond donors (Lipinski definition) is 1. The summed E-state index contributed by atoms with van der Waals surface area (Å²) in [4.78, 5) is 30.5. The van der Waals surface area contributed by atoms with E-state index in [0.717, 1.165) is 18.7 Å². The van der Waals surface area contributed by atoms with E-state index in [9.17, 15) is 14.7 Å². The normalized spacial score (nSPS) is 16.4. The van der Waals surface area contributed by atoms with E-state index in [1.807, 2.05) is 36.4 Å². The van der Waals surface area contributed by atoms with Gasteiger partial charge < -0.3 is 29.1 Å². The van der Waals surface area contributed by atoms with Crippen LogP contribution in [0.25, 0.3) is 5.76 Å². The molecule has 1 atom stereocenters. The maximum atomic E-state index is 13.4. The molecule has 1 aliphatic rings. The Labute approximate surface area is 235 Å². The third-order valence-electron chi connectivity index (χ3n) is 7.18. The lowest BCUT2D eigenvalue weighted by Gasteiger charge is -2.28. The number of carbonyl (C=O) groups is 2. The lowest BCUT2D eigenvalue weighted by atomic mass is 9.95. The Kier molecular flexibility index (Phi) is 9.45. The Morgan fingerprint density at radius 2 is 1.65 bits per heavy atom. The van der Waals surface area contributed by atoms with Crippen LogP contribution < -0.4 is 14.2 Å². The van der Waals surface area contributed by atoms with Crippen molar-refractivity contribution in [2.45, 2.75) is 26.5 Å². The summed E-state index contributed by atoms with van der Waals surface area (Å²) < 4.78 is 17.0. The Morgan fingerprint density at radius 1 is 0.900 bits per heavy atom. The highest BCUT2D eigenvalue weighted by molar-refractivity contribution is 6.46. The molecule has 1 amide bonds. The van der Waals surface area contributed by atoms with Gasteiger partial charge in [0.25, 0.3) is 11.7 Å². The van der Waals surface area contributed by atoms with Crippen LogP contribution in [0, 0.1) is 0 Å². The standard InChI is InChI=1S/C32H36N2O6/c1-5-33(6-2)17-18-34-29(28(31(36)32(34)37)30(35)24-13-10-14-25(19-24)38-3)23-15-16-26(27(20-23)39-4)40-21-22-11-8-7-9-12-22/h7-16,19-20,29,35H,5-6,17-18,21H2,1-4H3. The number of likely N-dealkylation sites (N-methyl/N-ethyl adjacent to an activating group) is 1. The molecule has 0 aliphatic carbocycles. The molecule has 1 saturated heterocycles. The van der Waals surface area contributed by atoms with E-state index in [0.29, 0.717) is 48.1 Å². The van der Waals surface area contributed by atoms with Gasteiger partial charge in [-0.3, -0.25) is 9.59 Å². The van der Waals surface area contributed by atoms with Crippen molar-refractivity contribution in [1.82, 2.24) is 9.80 Å². The average Bonchev–Trinajstić information content (AvgIpc) is 3.25. The van der Waals surface area contributed by atoms with Crippen LogP contribution in [0.1, 0.15) is 36.6 Å². The van der Waals surface area contributed by atoms with Crippen molar-refractivity contribution in [1.29, 1.82) is 0 Å². The van der Waals surface area contributed by atoms with Crippen LogP contribution in [-0.4, -0.2) is 67.0 Å². The van der Waals surface area contributed by atoms with Gasteiger partial charge in [0, 0.05) is 18.7 Å². The van der Waals surface area contributed by atoms with Gasteiger partial charge in [0.05, 0.1) is 25.8 Å². The lowest BCUT2D eigenvalue weighted by molar-refractivity contribution is -0.140. The van der Waals surface area contributed by atoms with Crippen LogP contribution in [0.2, 0.25) is 0 Å². The van der Waals surface area contributed by atoms with Gasteiger partial charge >= 0.3 is 0 Å². The van der Waals surface area contributed by atoms with Crippen LogP contribution in [0.4, 0.5) is 0 Å². The summed E-state index contributed by atoms with van der Waals surface area (Å²) in [7, 11) is 3.07. The molecule has 1 unspecified atom stereocenters. The number of ether oxygens (including phenoxy) is 3. The molecule has 0 saturated carbocycles. The second-order valence-corrected chi connectivity index (χ2v) is 9.44. The Balaban J connectivity index is 1.76. The summed E-state index contributed by atoms with van der Waals surface area (Å²) in [6.07, 6.45) is 0. The van der Waals surface area contributed by atoms with Gasteiger partial charge in [-0.2, -0.15) is 0 Å². The molecule has 1 heterocycles. The Morgan fingerprint density at radius 3 is 2.33 bits per heavy atom. The van der Waals surface area contributed by atoms with Crippen molar-refractivity contribution in [2.75, 3.05) is 40.4 Å². The summed E-state index contributed by atoms with van der Waals surface area (Å²) >= 11 is 0. The minimum absolute atomic E-state index is 0.0257. The predicted molar refractivity (Wildman–Crippen MR) is 154 cm³/mol. The third-order valence-corrected chi connectivity index (χ3v) is 7.18. The number of rotatable bonds is 12. The number of aliphatic hydroxyl groups excluding tert-OH is 1. The minimum Gasteiger partial charge on any atom is -0.507 e. The van der Waals surface area contributed by atoms with Gasteiger partial charge in [-0.25, -0.2) is 0 Å². The first-order chi connectivity index (χ1) is 19.4. The molecule has 0 radical (unpaired) electrons. The summed E-state index contributed by atoms with van der Waals surface area (Å²) in [5.74, 6) is -0.112. The molecule has 3 aromatic carbocycles. The molecule has 0 bridgehead atoms. The number of nitrogens with zero attached hydrogens (tertiary/aromatic N) is 2. The van der Waals surface area contributed by atoms with E-state index in [-0.39, 0.29) is 11.3 Å². The highest BCUT2D eigenvalue weighted by Crippen LogP contribution is 2.42. The fourth-order valence-corrected chi connectivity index (χ4v) is 4.88. The van der Waals surface area contributed by atoms with Crippen LogP contribution in [0.5, 0.6) is 17.2 Å². The number of benzene rings is 3. The maximum Gasteiger partial charge on any atom is 0.295 e. The topological polar surface area (TPSA) is 88.5 Å². The molecular weight excluding hydrogens is 508 g/mol. The Bertz CT molecular complexity index is 1370. The molecule has 40 heavy (non-hydrogen) atoms. The zero-order valence-electron chi connectivity index (χ0n) is 23.4. The number of hydrogen-bond acceptors (Lipinski definition) is 7. The molecule has 8 nitrogen and oxygen atoms in total. The van der Waals surface area contributed by atoms with Crippen molar-refractivity contribution in [3.05, 3.63) is 95.1 Å². The first-order valence-electron chi connectivity index (χ1n) is 13.4. The number of likely N-dealkylation sites (tertiary alicyclic amines) is 1. The maximum absolute atomic E-state index is 13.4. The number of aliphatic hydroxyl groups is 1. The Hall–Kier alpha value is -4.30. The molecule has 0 aromatic heterocycles. The van der Waals surface area contributed by atoms with E-state index in [4.69, 9.17) is 14.2 Å². The number of carbonyl (C=O) groups excluding carboxylic acids is 2. The zero-order chi connectivity index (χ0) is 28.6. The van der Waals surface area contributed by atoms with Crippen LogP contribution in [0.3, 0.4) is 0 Å². The molecule has 4 rings (SSSR count). The SMILES string of the molecule is CCN(CC)CCN1C(=O)C(=O)C(=C(O)c2cccc(OC)c2)C1c1ccc(OCc2ccccc2)c(OC)c1. The summed E-state index contributed by atoms with van der Waals surface area (Å²) in [5, 5.41) is 11.4. The quantitative estimate of drug-likeness (QED) is 0.194. The van der Waals surface area contributed by atoms with E-state index in [2.05, 4.69) is 18.7 Å². The number of methoxy groups -OCH3 is 2. The molecule has 3 aromatic rings. The monoisotopic (exact) mass is 544 g/mol. The summed E-state index contributed by atoms with van der Waals surface area (Å²) in [6.45, 7) is 7.00. The average molecular weight is 545 g/mol. The molecule has 0 spiro atoms. The first kappa shape index (κ1) is 28.7. The van der Waals surface area contributed by atoms with Crippen LogP contribution >= 0.6 is 0 Å². The van der Waals surface area contributed by atoms with Gasteiger partial charge in [-0.1, -0.05) is 62.4 Å². The van der Waals surface area contributed by atoms with Crippen molar-refractivity contribution in [2.24, 2.45) is 0 Å². The van der Waals surface area contributed by atoms with Crippen molar-refractivity contribution in [3.63, 3.8) is 0 Å². The molecule has 210 valence electrons. The van der Waals surface area contributed by atoms with Gasteiger partial charge in [-0.05, 0) is 48.5 Å². The second kappa shape index (κ2) is 13.2. The fraction of sp³-hybridized carbons (Fsp3) is 0.312. The van der Waals surface area contributed by atoms with Gasteiger partial charge in [0.15, 0.2) is 11.5 Å². The highest BCUT2D eigenvalue weighted by atomic mass is 16.5. The van der Waals surface area contributed by atoms with E-state index in [1.165, 1.54) is 12.0 Å². The van der Waals surface area contributed by atoms with Gasteiger partial charge in [0.2, 0.25) is 0 Å². The molecule has 1 aliphatic heterocycles. The fourth-order valence-electron chi connectivity index (χ4n) is 4.88. The minimum atomic E-state index is -0.807. The predicted octanol–water partition coefficient (Wildman–Crippen LogP) is 5.05. The number of amides is 1. The van der Waals surface area contributed by atoms with Gasteiger partial charge in [-0.15, -0.1) is 0 Å². The second-order valence-electron chi connectivity index (χ2n) is 9.44. The summed E-state index contributed by atoms with van der Waals surface area (Å²) in [6, 6.07) is 21.1. The largest absolute Gasteiger partial charge is 0.507 e. The smallest absolute Gasteiger partial charge is 0.295 e. The van der Waals surface area contributed by atoms with Gasteiger partial charge in [0.1, 0.15) is 18.1 Å². The van der Waals surface area contributed by atoms with Crippen molar-refractivity contribution in [3.8, 4) is 17.2 Å². The third kappa shape index (κ3) is 6.13. The molecule has 1 fully saturated rings. The van der Waals surface area contributed by atoms with Crippen molar-refractivity contribution < 1.29 is 28.9 Å². The highest BCUT2D eigenvalue weighted by Gasteiger charge is 2.46. The van der Waals surface area contributed by atoms with E-state index < -0.39 is 17.7 Å². The van der Waals surface area contributed by atoms with Crippen LogP contribution in [-0.2, 0) is 16.2 Å². The summed E-state index contributed by atoms with van der Waals surface area (Å²) in [5.41, 5.74) is 2.06. The van der Waals surface area contributed by atoms with E-state index in [1.54, 1.807) is 43.5 Å². The van der Waals surface area contributed by atoms with Crippen molar-refractivity contribution >= 4 is 17.4 Å². The molecule has 8 heteroatoms. The zero-order valence-corrected chi connectivity index (χ0v) is 23.4. The number of ketones is 1.